The van der Waals surface area contributed by atoms with Crippen molar-refractivity contribution in [3.8, 4) is 5.75 Å². The highest BCUT2D eigenvalue weighted by molar-refractivity contribution is 6.78. The van der Waals surface area contributed by atoms with Gasteiger partial charge in [0.25, 0.3) is 0 Å². The molecule has 1 aromatic carbocycles. The van der Waals surface area contributed by atoms with E-state index >= 15 is 0 Å². The third-order valence-electron chi connectivity index (χ3n) is 7.20. The summed E-state index contributed by atoms with van der Waals surface area (Å²) in [6.45, 7) is 26.4. The third-order valence-corrected chi connectivity index (χ3v) is 11.5. The smallest absolute Gasteiger partial charge is 0.126 e. The molecule has 0 saturated carbocycles. The zero-order valence-corrected chi connectivity index (χ0v) is 23.9. The summed E-state index contributed by atoms with van der Waals surface area (Å²) in [5.74, 6) is 1.15. The van der Waals surface area contributed by atoms with Crippen LogP contribution in [-0.2, 0) is 10.8 Å². The molecule has 0 radical (unpaired) electrons. The van der Waals surface area contributed by atoms with E-state index in [1.165, 1.54) is 22.3 Å². The molecular weight excluding hydrogens is 396 g/mol. The molecule has 2 rings (SSSR count). The van der Waals surface area contributed by atoms with Crippen molar-refractivity contribution >= 4 is 22.1 Å². The van der Waals surface area contributed by atoms with Crippen molar-refractivity contribution < 1.29 is 4.74 Å². The van der Waals surface area contributed by atoms with Gasteiger partial charge >= 0.3 is 0 Å². The predicted molar refractivity (Wildman–Crippen MR) is 142 cm³/mol. The summed E-state index contributed by atoms with van der Waals surface area (Å²) in [6.07, 6.45) is 9.77. The monoisotopic (exact) mass is 442 g/mol. The van der Waals surface area contributed by atoms with Gasteiger partial charge < -0.3 is 4.74 Å². The summed E-state index contributed by atoms with van der Waals surface area (Å²) < 4.78 is 6.29. The van der Waals surface area contributed by atoms with Gasteiger partial charge in [-0.2, -0.15) is 0 Å². The van der Waals surface area contributed by atoms with E-state index < -0.39 is 16.9 Å². The molecule has 1 aliphatic rings. The first-order valence-electron chi connectivity index (χ1n) is 11.9. The molecule has 1 unspecified atom stereocenters. The molecule has 0 amide bonds. The van der Waals surface area contributed by atoms with E-state index in [0.717, 1.165) is 18.6 Å². The first kappa shape index (κ1) is 25.2. The molecule has 1 nitrogen and oxygen atoms in total. The molecule has 0 aliphatic heterocycles. The fourth-order valence-corrected chi connectivity index (χ4v) is 8.66. The number of rotatable bonds is 7. The first-order valence-corrected chi connectivity index (χ1v) is 18.3. The van der Waals surface area contributed by atoms with E-state index in [-0.39, 0.29) is 10.8 Å². The SMILES string of the molecule is CCC(CC)(C1=CC([Si](C)(C)C)C=C1)c1c(OC)c(C(C)(C)C)cc(C)c1[SiH](C)C. The number of allylic oxidation sites excluding steroid dienone is 4. The van der Waals surface area contributed by atoms with Crippen LogP contribution in [-0.4, -0.2) is 24.0 Å². The number of ether oxygens (including phenoxy) is 1. The molecule has 168 valence electrons. The van der Waals surface area contributed by atoms with E-state index in [1.807, 2.05) is 7.11 Å². The Kier molecular flexibility index (Phi) is 7.41. The zero-order chi connectivity index (χ0) is 23.1. The van der Waals surface area contributed by atoms with Crippen LogP contribution in [0.1, 0.15) is 64.2 Å². The second kappa shape index (κ2) is 8.82. The summed E-state index contributed by atoms with van der Waals surface area (Å²) in [5.41, 5.74) is 6.56. The van der Waals surface area contributed by atoms with E-state index in [9.17, 15) is 0 Å². The zero-order valence-electron chi connectivity index (χ0n) is 21.8. The van der Waals surface area contributed by atoms with Crippen LogP contribution < -0.4 is 9.92 Å². The Balaban J connectivity index is 2.96. The third kappa shape index (κ3) is 4.43. The summed E-state index contributed by atoms with van der Waals surface area (Å²) in [7, 11) is -0.449. The van der Waals surface area contributed by atoms with Crippen LogP contribution in [0.3, 0.4) is 0 Å². The van der Waals surface area contributed by atoms with Crippen molar-refractivity contribution in [3.63, 3.8) is 0 Å². The Bertz CT molecular complexity index is 828. The number of methoxy groups -OCH3 is 1. The van der Waals surface area contributed by atoms with Crippen molar-refractivity contribution in [2.24, 2.45) is 0 Å². The molecular formula is C27H46OSi2. The maximum Gasteiger partial charge on any atom is 0.126 e. The van der Waals surface area contributed by atoms with Crippen molar-refractivity contribution in [1.29, 1.82) is 0 Å². The molecule has 0 N–H and O–H groups in total. The molecule has 0 bridgehead atoms. The fraction of sp³-hybridized carbons (Fsp3) is 0.630. The Morgan fingerprint density at radius 2 is 1.63 bits per heavy atom. The maximum atomic E-state index is 6.29. The van der Waals surface area contributed by atoms with E-state index in [2.05, 4.69) is 98.6 Å². The van der Waals surface area contributed by atoms with Crippen LogP contribution in [0.5, 0.6) is 5.75 Å². The number of hydrogen-bond acceptors (Lipinski definition) is 1. The van der Waals surface area contributed by atoms with E-state index in [1.54, 1.807) is 5.19 Å². The van der Waals surface area contributed by atoms with E-state index in [0.29, 0.717) is 5.54 Å². The first-order chi connectivity index (χ1) is 13.7. The molecule has 1 atom stereocenters. The van der Waals surface area contributed by atoms with Crippen LogP contribution in [0.25, 0.3) is 0 Å². The van der Waals surface area contributed by atoms with Crippen LogP contribution >= 0.6 is 0 Å². The molecule has 0 heterocycles. The van der Waals surface area contributed by atoms with Gasteiger partial charge in [0.05, 0.1) is 24.0 Å². The van der Waals surface area contributed by atoms with Gasteiger partial charge in [-0.05, 0) is 36.3 Å². The van der Waals surface area contributed by atoms with Gasteiger partial charge in [-0.15, -0.1) is 0 Å². The minimum atomic E-state index is -1.27. The van der Waals surface area contributed by atoms with Gasteiger partial charge in [0.1, 0.15) is 5.75 Å². The van der Waals surface area contributed by atoms with Crippen molar-refractivity contribution in [1.82, 2.24) is 0 Å². The van der Waals surface area contributed by atoms with Gasteiger partial charge in [0.15, 0.2) is 0 Å². The minimum Gasteiger partial charge on any atom is -0.496 e. The quantitative estimate of drug-likeness (QED) is 0.404. The Morgan fingerprint density at radius 1 is 1.07 bits per heavy atom. The summed E-state index contributed by atoms with van der Waals surface area (Å²) in [6, 6.07) is 2.42. The molecule has 30 heavy (non-hydrogen) atoms. The number of aryl methyl sites for hydroxylation is 1. The Hall–Kier alpha value is -1.07. The standard InChI is InChI=1S/C27H46OSi2/c1-13-27(14-2,20-15-16-21(18-20)30(10,11)12)23-24(28-7)22(26(4,5)6)17-19(3)25(23)29(8)9/h15-18,21,29H,13-14H2,1-12H3. The fourth-order valence-electron chi connectivity index (χ4n) is 5.33. The number of hydrogen-bond donors (Lipinski definition) is 0. The molecule has 3 heteroatoms. The van der Waals surface area contributed by atoms with Gasteiger partial charge in [-0.1, -0.05) is 102 Å². The lowest BCUT2D eigenvalue weighted by molar-refractivity contribution is 0.372. The van der Waals surface area contributed by atoms with Crippen LogP contribution in [0.2, 0.25) is 38.3 Å². The topological polar surface area (TPSA) is 9.23 Å². The highest BCUT2D eigenvalue weighted by atomic mass is 28.3. The predicted octanol–water partition coefficient (Wildman–Crippen LogP) is 7.26. The Morgan fingerprint density at radius 3 is 2.00 bits per heavy atom. The minimum absolute atomic E-state index is 0.0227. The Labute approximate surface area is 189 Å². The largest absolute Gasteiger partial charge is 0.496 e. The average molecular weight is 443 g/mol. The van der Waals surface area contributed by atoms with Crippen LogP contribution in [0.15, 0.2) is 29.9 Å². The van der Waals surface area contributed by atoms with Crippen molar-refractivity contribution in [3.05, 3.63) is 46.6 Å². The lowest BCUT2D eigenvalue weighted by Crippen LogP contribution is -2.41. The van der Waals surface area contributed by atoms with Crippen molar-refractivity contribution in [2.45, 2.75) is 103 Å². The van der Waals surface area contributed by atoms with Crippen LogP contribution in [0, 0.1) is 6.92 Å². The van der Waals surface area contributed by atoms with Gasteiger partial charge in [-0.25, -0.2) is 0 Å². The highest BCUT2D eigenvalue weighted by Crippen LogP contribution is 2.49. The summed E-state index contributed by atoms with van der Waals surface area (Å²) in [4.78, 5) is 0. The molecule has 1 aromatic rings. The van der Waals surface area contributed by atoms with Crippen molar-refractivity contribution in [2.75, 3.05) is 7.11 Å². The highest BCUT2D eigenvalue weighted by Gasteiger charge is 2.41. The van der Waals surface area contributed by atoms with Gasteiger partial charge in [-0.3, -0.25) is 0 Å². The lowest BCUT2D eigenvalue weighted by atomic mass is 9.68. The second-order valence-electron chi connectivity index (χ2n) is 11.6. The maximum absolute atomic E-state index is 6.29. The van der Waals surface area contributed by atoms with E-state index in [4.69, 9.17) is 4.74 Å². The molecule has 0 fully saturated rings. The molecule has 0 spiro atoms. The normalized spacial score (nSPS) is 17.6. The molecule has 0 saturated heterocycles. The number of benzene rings is 1. The molecule has 0 aromatic heterocycles. The van der Waals surface area contributed by atoms with Gasteiger partial charge in [0.2, 0.25) is 0 Å². The summed E-state index contributed by atoms with van der Waals surface area (Å²) in [5, 5.41) is 1.62. The summed E-state index contributed by atoms with van der Waals surface area (Å²) >= 11 is 0. The second-order valence-corrected chi connectivity index (χ2v) is 19.9. The van der Waals surface area contributed by atoms with Crippen LogP contribution in [0.4, 0.5) is 0 Å². The average Bonchev–Trinajstić information content (AvgIpc) is 3.13. The van der Waals surface area contributed by atoms with Gasteiger partial charge in [0, 0.05) is 16.5 Å². The lowest BCUT2D eigenvalue weighted by Gasteiger charge is -2.40. The molecule has 1 aliphatic carbocycles.